The minimum Gasteiger partial charge on any atom is -0.271 e. The summed E-state index contributed by atoms with van der Waals surface area (Å²) in [4.78, 5) is 0. The number of nitrogens with zero attached hydrogens (tertiary/aromatic N) is 2. The molecule has 16 heavy (non-hydrogen) atoms. The Bertz CT molecular complexity index is 319. The highest BCUT2D eigenvalue weighted by Gasteiger charge is 2.21. The third-order valence-corrected chi connectivity index (χ3v) is 3.23. The maximum absolute atomic E-state index is 5.66. The van der Waals surface area contributed by atoms with Crippen LogP contribution in [-0.2, 0) is 13.0 Å². The summed E-state index contributed by atoms with van der Waals surface area (Å²) in [6, 6.07) is 2.36. The van der Waals surface area contributed by atoms with E-state index in [-0.39, 0.29) is 6.04 Å². The Balaban J connectivity index is 3.02. The van der Waals surface area contributed by atoms with E-state index in [1.807, 2.05) is 0 Å². The minimum absolute atomic E-state index is 0.192. The number of aryl methyl sites for hydroxylation is 2. The molecule has 0 saturated carbocycles. The van der Waals surface area contributed by atoms with Gasteiger partial charge in [-0.05, 0) is 25.3 Å². The molecule has 0 bridgehead atoms. The first-order valence-corrected chi connectivity index (χ1v) is 6.20. The van der Waals surface area contributed by atoms with E-state index in [4.69, 9.17) is 5.84 Å². The van der Waals surface area contributed by atoms with Crippen LogP contribution in [0.2, 0.25) is 0 Å². The number of aromatic nitrogens is 2. The van der Waals surface area contributed by atoms with Crippen molar-refractivity contribution in [1.82, 2.24) is 15.2 Å². The van der Waals surface area contributed by atoms with Gasteiger partial charge in [0.1, 0.15) is 0 Å². The Morgan fingerprint density at radius 3 is 2.56 bits per heavy atom. The minimum atomic E-state index is 0.192. The second-order valence-corrected chi connectivity index (χ2v) is 4.26. The fourth-order valence-electron chi connectivity index (χ4n) is 1.94. The van der Waals surface area contributed by atoms with Crippen LogP contribution in [-0.4, -0.2) is 9.78 Å². The van der Waals surface area contributed by atoms with Crippen molar-refractivity contribution in [3.8, 4) is 0 Å². The lowest BCUT2D eigenvalue weighted by Gasteiger charge is -2.22. The normalized spacial score (nSPS) is 15.1. The number of hydrazine groups is 1. The molecule has 1 aromatic heterocycles. The van der Waals surface area contributed by atoms with Crippen LogP contribution in [0.3, 0.4) is 0 Å². The van der Waals surface area contributed by atoms with Gasteiger partial charge in [0.15, 0.2) is 0 Å². The average Bonchev–Trinajstić information content (AvgIpc) is 2.73. The van der Waals surface area contributed by atoms with Gasteiger partial charge >= 0.3 is 0 Å². The Kier molecular flexibility index (Phi) is 4.96. The molecule has 4 heteroatoms. The van der Waals surface area contributed by atoms with Crippen LogP contribution in [0.5, 0.6) is 0 Å². The molecule has 92 valence electrons. The first-order valence-electron chi connectivity index (χ1n) is 6.20. The van der Waals surface area contributed by atoms with E-state index < -0.39 is 0 Å². The van der Waals surface area contributed by atoms with Crippen LogP contribution in [0.4, 0.5) is 0 Å². The molecule has 0 aliphatic carbocycles. The van der Waals surface area contributed by atoms with Crippen molar-refractivity contribution in [1.29, 1.82) is 0 Å². The van der Waals surface area contributed by atoms with Crippen molar-refractivity contribution in [3.05, 3.63) is 17.5 Å². The summed E-state index contributed by atoms with van der Waals surface area (Å²) >= 11 is 0. The lowest BCUT2D eigenvalue weighted by atomic mass is 9.96. The van der Waals surface area contributed by atoms with E-state index in [0.717, 1.165) is 25.1 Å². The molecule has 2 unspecified atom stereocenters. The third-order valence-electron chi connectivity index (χ3n) is 3.23. The maximum atomic E-state index is 5.66. The maximum Gasteiger partial charge on any atom is 0.0654 e. The van der Waals surface area contributed by atoms with E-state index in [1.54, 1.807) is 0 Å². The Morgan fingerprint density at radius 1 is 1.44 bits per heavy atom. The zero-order valence-electron chi connectivity index (χ0n) is 10.8. The SMILES string of the molecule is CCc1cc(C(NN)C(C)CC)n(CC)n1. The summed E-state index contributed by atoms with van der Waals surface area (Å²) in [6.45, 7) is 9.52. The first-order chi connectivity index (χ1) is 7.67. The van der Waals surface area contributed by atoms with Gasteiger partial charge in [-0.25, -0.2) is 0 Å². The fraction of sp³-hybridized carbons (Fsp3) is 0.750. The lowest BCUT2D eigenvalue weighted by molar-refractivity contribution is 0.359. The molecule has 0 aromatic carbocycles. The highest BCUT2D eigenvalue weighted by Crippen LogP contribution is 2.24. The molecule has 0 aliphatic rings. The number of nitrogens with two attached hydrogens (primary N) is 1. The van der Waals surface area contributed by atoms with Crippen LogP contribution in [0.15, 0.2) is 6.07 Å². The predicted molar refractivity (Wildman–Crippen MR) is 66.8 cm³/mol. The zero-order chi connectivity index (χ0) is 12.1. The van der Waals surface area contributed by atoms with Gasteiger partial charge in [-0.3, -0.25) is 16.0 Å². The fourth-order valence-corrected chi connectivity index (χ4v) is 1.94. The second kappa shape index (κ2) is 6.01. The first kappa shape index (κ1) is 13.2. The number of nitrogens with one attached hydrogen (secondary N) is 1. The van der Waals surface area contributed by atoms with Gasteiger partial charge in [-0.2, -0.15) is 5.10 Å². The summed E-state index contributed by atoms with van der Waals surface area (Å²) < 4.78 is 2.05. The second-order valence-electron chi connectivity index (χ2n) is 4.26. The van der Waals surface area contributed by atoms with Crippen molar-refractivity contribution in [2.45, 2.75) is 53.1 Å². The van der Waals surface area contributed by atoms with Gasteiger partial charge in [-0.1, -0.05) is 27.2 Å². The standard InChI is InChI=1S/C12H24N4/c1-5-9(4)12(14-13)11-8-10(6-2)15-16(11)7-3/h8-9,12,14H,5-7,13H2,1-4H3. The highest BCUT2D eigenvalue weighted by atomic mass is 15.3. The molecule has 1 heterocycles. The predicted octanol–water partition coefficient (Wildman–Crippen LogP) is 2.02. The Hall–Kier alpha value is -0.870. The number of hydrogen-bond acceptors (Lipinski definition) is 3. The zero-order valence-corrected chi connectivity index (χ0v) is 10.8. The molecule has 2 atom stereocenters. The molecule has 4 nitrogen and oxygen atoms in total. The topological polar surface area (TPSA) is 55.9 Å². The number of rotatable bonds is 6. The third kappa shape index (κ3) is 2.62. The van der Waals surface area contributed by atoms with E-state index >= 15 is 0 Å². The van der Waals surface area contributed by atoms with E-state index in [9.17, 15) is 0 Å². The molecule has 0 aliphatic heterocycles. The molecular weight excluding hydrogens is 200 g/mol. The summed E-state index contributed by atoms with van der Waals surface area (Å²) in [7, 11) is 0. The van der Waals surface area contributed by atoms with Crippen LogP contribution in [0.1, 0.15) is 51.5 Å². The van der Waals surface area contributed by atoms with Gasteiger partial charge in [0.25, 0.3) is 0 Å². The van der Waals surface area contributed by atoms with Crippen molar-refractivity contribution < 1.29 is 0 Å². The van der Waals surface area contributed by atoms with Crippen molar-refractivity contribution in [3.63, 3.8) is 0 Å². The monoisotopic (exact) mass is 224 g/mol. The molecule has 3 N–H and O–H groups in total. The summed E-state index contributed by atoms with van der Waals surface area (Å²) in [5.41, 5.74) is 5.26. The summed E-state index contributed by atoms with van der Waals surface area (Å²) in [5, 5.41) is 4.55. The smallest absolute Gasteiger partial charge is 0.0654 e. The number of hydrogen-bond donors (Lipinski definition) is 2. The van der Waals surface area contributed by atoms with Crippen LogP contribution in [0.25, 0.3) is 0 Å². The van der Waals surface area contributed by atoms with Gasteiger partial charge in [0.05, 0.1) is 17.4 Å². The molecule has 0 fully saturated rings. The van der Waals surface area contributed by atoms with Gasteiger partial charge in [0.2, 0.25) is 0 Å². The molecule has 1 rings (SSSR count). The Labute approximate surface area is 98.2 Å². The van der Waals surface area contributed by atoms with Crippen molar-refractivity contribution in [2.75, 3.05) is 0 Å². The van der Waals surface area contributed by atoms with E-state index in [2.05, 4.69) is 49.0 Å². The van der Waals surface area contributed by atoms with Crippen molar-refractivity contribution >= 4 is 0 Å². The lowest BCUT2D eigenvalue weighted by Crippen LogP contribution is -2.34. The quantitative estimate of drug-likeness (QED) is 0.574. The molecule has 1 aromatic rings. The molecule has 0 radical (unpaired) electrons. The van der Waals surface area contributed by atoms with Crippen molar-refractivity contribution in [2.24, 2.45) is 11.8 Å². The summed E-state index contributed by atoms with van der Waals surface area (Å²) in [5.74, 6) is 6.18. The molecule has 0 amide bonds. The highest BCUT2D eigenvalue weighted by molar-refractivity contribution is 5.15. The molecular formula is C12H24N4. The molecule has 0 spiro atoms. The van der Waals surface area contributed by atoms with E-state index in [1.165, 1.54) is 5.69 Å². The average molecular weight is 224 g/mol. The van der Waals surface area contributed by atoms with Gasteiger partial charge < -0.3 is 0 Å². The van der Waals surface area contributed by atoms with Crippen LogP contribution < -0.4 is 11.3 Å². The summed E-state index contributed by atoms with van der Waals surface area (Å²) in [6.07, 6.45) is 2.07. The Morgan fingerprint density at radius 2 is 2.12 bits per heavy atom. The van der Waals surface area contributed by atoms with Gasteiger partial charge in [0, 0.05) is 6.54 Å². The van der Waals surface area contributed by atoms with Crippen LogP contribution in [0, 0.1) is 5.92 Å². The van der Waals surface area contributed by atoms with E-state index in [0.29, 0.717) is 5.92 Å². The van der Waals surface area contributed by atoms with Gasteiger partial charge in [-0.15, -0.1) is 0 Å². The van der Waals surface area contributed by atoms with Crippen LogP contribution >= 0.6 is 0 Å². The largest absolute Gasteiger partial charge is 0.271 e. The molecule has 0 saturated heterocycles.